The average Bonchev–Trinajstić information content (AvgIpc) is 2.24. The van der Waals surface area contributed by atoms with Crippen LogP contribution in [-0.2, 0) is 14.3 Å². The van der Waals surface area contributed by atoms with Crippen molar-refractivity contribution in [2.24, 2.45) is 0 Å². The van der Waals surface area contributed by atoms with E-state index in [4.69, 9.17) is 0 Å². The molecule has 1 aromatic carbocycles. The van der Waals surface area contributed by atoms with Crippen molar-refractivity contribution in [2.75, 3.05) is 7.11 Å². The van der Waals surface area contributed by atoms with Crippen molar-refractivity contribution in [3.63, 3.8) is 0 Å². The molecule has 86 valence electrons. The molecule has 0 amide bonds. The van der Waals surface area contributed by atoms with E-state index in [0.717, 1.165) is 11.8 Å². The summed E-state index contributed by atoms with van der Waals surface area (Å²) in [5, 5.41) is -0.938. The highest BCUT2D eigenvalue weighted by molar-refractivity contribution is 8.01. The molecule has 0 saturated heterocycles. The molecule has 1 atom stereocenters. The fourth-order valence-electron chi connectivity index (χ4n) is 1.08. The van der Waals surface area contributed by atoms with Crippen LogP contribution in [0.5, 0.6) is 0 Å². The largest absolute Gasteiger partial charge is 0.468 e. The number of carbonyl (C=O) groups is 2. The highest BCUT2D eigenvalue weighted by Crippen LogP contribution is 2.25. The van der Waals surface area contributed by atoms with Gasteiger partial charge in [-0.15, -0.1) is 11.8 Å². The van der Waals surface area contributed by atoms with E-state index < -0.39 is 17.0 Å². The minimum absolute atomic E-state index is 0.318. The second-order valence-corrected chi connectivity index (χ2v) is 4.27. The fraction of sp³-hybridized carbons (Fsp3) is 0.273. The molecule has 0 aliphatic carbocycles. The molecular formula is C11H11FO3S. The van der Waals surface area contributed by atoms with E-state index in [1.54, 1.807) is 6.07 Å². The molecule has 0 radical (unpaired) electrons. The third kappa shape index (κ3) is 3.34. The number of Topliss-reactive ketones (excluding diaryl/α,β-unsaturated/α-hetero) is 1. The molecule has 0 N–H and O–H groups in total. The predicted molar refractivity (Wildman–Crippen MR) is 58.7 cm³/mol. The molecule has 1 unspecified atom stereocenters. The van der Waals surface area contributed by atoms with E-state index in [0.29, 0.717) is 4.90 Å². The van der Waals surface area contributed by atoms with Gasteiger partial charge in [-0.1, -0.05) is 6.07 Å². The molecule has 1 aromatic rings. The van der Waals surface area contributed by atoms with Gasteiger partial charge in [0.05, 0.1) is 7.11 Å². The van der Waals surface area contributed by atoms with Gasteiger partial charge in [-0.05, 0) is 25.1 Å². The van der Waals surface area contributed by atoms with Gasteiger partial charge >= 0.3 is 5.97 Å². The number of ketones is 1. The number of ether oxygens (including phenoxy) is 1. The summed E-state index contributed by atoms with van der Waals surface area (Å²) in [6, 6.07) is 5.72. The Kier molecular flexibility index (Phi) is 4.49. The predicted octanol–water partition coefficient (Wildman–Crippen LogP) is 2.05. The van der Waals surface area contributed by atoms with Gasteiger partial charge in [-0.25, -0.2) is 4.39 Å². The lowest BCUT2D eigenvalue weighted by Crippen LogP contribution is -2.25. The van der Waals surface area contributed by atoms with Crippen molar-refractivity contribution in [1.82, 2.24) is 0 Å². The first kappa shape index (κ1) is 12.7. The van der Waals surface area contributed by atoms with Gasteiger partial charge in [0.25, 0.3) is 0 Å². The maximum atomic E-state index is 12.9. The smallest absolute Gasteiger partial charge is 0.326 e. The van der Waals surface area contributed by atoms with Crippen molar-refractivity contribution in [3.05, 3.63) is 30.1 Å². The van der Waals surface area contributed by atoms with Crippen molar-refractivity contribution in [1.29, 1.82) is 0 Å². The number of methoxy groups -OCH3 is 1. The number of halogens is 1. The molecule has 0 saturated carbocycles. The number of hydrogen-bond acceptors (Lipinski definition) is 4. The van der Waals surface area contributed by atoms with Crippen LogP contribution >= 0.6 is 11.8 Å². The molecule has 1 rings (SSSR count). The van der Waals surface area contributed by atoms with Crippen LogP contribution in [-0.4, -0.2) is 24.1 Å². The first-order valence-electron chi connectivity index (χ1n) is 4.55. The number of benzene rings is 1. The summed E-state index contributed by atoms with van der Waals surface area (Å²) in [7, 11) is 1.21. The van der Waals surface area contributed by atoms with Gasteiger partial charge < -0.3 is 4.74 Å². The Morgan fingerprint density at radius 1 is 1.44 bits per heavy atom. The highest BCUT2D eigenvalue weighted by Gasteiger charge is 2.25. The van der Waals surface area contributed by atoms with E-state index in [1.807, 2.05) is 0 Å². The summed E-state index contributed by atoms with van der Waals surface area (Å²) in [6.07, 6.45) is 0. The van der Waals surface area contributed by atoms with E-state index in [-0.39, 0.29) is 5.78 Å². The Hall–Kier alpha value is -1.36. The van der Waals surface area contributed by atoms with Crippen LogP contribution in [0.3, 0.4) is 0 Å². The molecular weight excluding hydrogens is 231 g/mol. The zero-order chi connectivity index (χ0) is 12.1. The van der Waals surface area contributed by atoms with Crippen LogP contribution in [0.1, 0.15) is 6.92 Å². The molecule has 0 bridgehead atoms. The SMILES string of the molecule is COC(=O)C(Sc1cccc(F)c1)C(C)=O. The first-order valence-corrected chi connectivity index (χ1v) is 5.43. The summed E-state index contributed by atoms with van der Waals surface area (Å²) in [5.41, 5.74) is 0. The van der Waals surface area contributed by atoms with Crippen LogP contribution in [0.2, 0.25) is 0 Å². The van der Waals surface area contributed by atoms with Crippen LogP contribution < -0.4 is 0 Å². The van der Waals surface area contributed by atoms with Gasteiger partial charge in [0.2, 0.25) is 0 Å². The lowest BCUT2D eigenvalue weighted by atomic mass is 10.3. The Balaban J connectivity index is 2.84. The van der Waals surface area contributed by atoms with Gasteiger partial charge in [0.15, 0.2) is 11.0 Å². The Bertz CT molecular complexity index is 406. The molecule has 0 fully saturated rings. The van der Waals surface area contributed by atoms with Gasteiger partial charge in [0.1, 0.15) is 5.82 Å². The average molecular weight is 242 g/mol. The highest BCUT2D eigenvalue weighted by atomic mass is 32.2. The van der Waals surface area contributed by atoms with E-state index in [9.17, 15) is 14.0 Å². The maximum Gasteiger partial charge on any atom is 0.326 e. The van der Waals surface area contributed by atoms with E-state index in [2.05, 4.69) is 4.74 Å². The van der Waals surface area contributed by atoms with E-state index >= 15 is 0 Å². The van der Waals surface area contributed by atoms with Crippen molar-refractivity contribution >= 4 is 23.5 Å². The Morgan fingerprint density at radius 2 is 2.12 bits per heavy atom. The van der Waals surface area contributed by atoms with Crippen LogP contribution in [0, 0.1) is 5.82 Å². The quantitative estimate of drug-likeness (QED) is 0.460. The molecule has 5 heteroatoms. The minimum atomic E-state index is -0.938. The monoisotopic (exact) mass is 242 g/mol. The summed E-state index contributed by atoms with van der Waals surface area (Å²) >= 11 is 0.980. The fourth-order valence-corrected chi connectivity index (χ4v) is 2.05. The van der Waals surface area contributed by atoms with Gasteiger partial charge in [-0.3, -0.25) is 9.59 Å². The summed E-state index contributed by atoms with van der Waals surface area (Å²) in [5.74, 6) is -1.35. The number of hydrogen-bond donors (Lipinski definition) is 0. The van der Waals surface area contributed by atoms with Crippen LogP contribution in [0.15, 0.2) is 29.2 Å². The molecule has 0 aliphatic rings. The zero-order valence-corrected chi connectivity index (χ0v) is 9.71. The lowest BCUT2D eigenvalue weighted by Gasteiger charge is -2.10. The normalized spacial score (nSPS) is 11.9. The van der Waals surface area contributed by atoms with Gasteiger partial charge in [-0.2, -0.15) is 0 Å². The number of carbonyl (C=O) groups excluding carboxylic acids is 2. The second-order valence-electron chi connectivity index (χ2n) is 3.09. The maximum absolute atomic E-state index is 12.9. The number of esters is 1. The Morgan fingerprint density at radius 3 is 2.62 bits per heavy atom. The molecule has 0 aromatic heterocycles. The number of rotatable bonds is 4. The van der Waals surface area contributed by atoms with E-state index in [1.165, 1.54) is 32.2 Å². The molecule has 0 heterocycles. The van der Waals surface area contributed by atoms with Crippen LogP contribution in [0.4, 0.5) is 4.39 Å². The minimum Gasteiger partial charge on any atom is -0.468 e. The molecule has 3 nitrogen and oxygen atoms in total. The van der Waals surface area contributed by atoms with Crippen molar-refractivity contribution in [2.45, 2.75) is 17.1 Å². The second kappa shape index (κ2) is 5.65. The summed E-state index contributed by atoms with van der Waals surface area (Å²) in [4.78, 5) is 23.0. The third-order valence-corrected chi connectivity index (χ3v) is 3.12. The molecule has 0 aliphatic heterocycles. The number of thioether (sulfide) groups is 1. The molecule has 16 heavy (non-hydrogen) atoms. The standard InChI is InChI=1S/C11H11FO3S/c1-7(13)10(11(14)15-2)16-9-5-3-4-8(12)6-9/h3-6,10H,1-2H3. The summed E-state index contributed by atoms with van der Waals surface area (Å²) in [6.45, 7) is 1.30. The molecule has 0 spiro atoms. The van der Waals surface area contributed by atoms with Gasteiger partial charge in [0, 0.05) is 4.90 Å². The summed E-state index contributed by atoms with van der Waals surface area (Å²) < 4.78 is 17.4. The third-order valence-electron chi connectivity index (χ3n) is 1.83. The first-order chi connectivity index (χ1) is 7.54. The Labute approximate surface area is 97.0 Å². The van der Waals surface area contributed by atoms with Crippen LogP contribution in [0.25, 0.3) is 0 Å². The van der Waals surface area contributed by atoms with Crippen molar-refractivity contribution in [3.8, 4) is 0 Å². The van der Waals surface area contributed by atoms with Crippen molar-refractivity contribution < 1.29 is 18.7 Å². The lowest BCUT2D eigenvalue weighted by molar-refractivity contribution is -0.142. The zero-order valence-electron chi connectivity index (χ0n) is 8.90. The topological polar surface area (TPSA) is 43.4 Å².